The third kappa shape index (κ3) is 5.48. The van der Waals surface area contributed by atoms with Crippen molar-refractivity contribution in [3.63, 3.8) is 0 Å². The van der Waals surface area contributed by atoms with Crippen LogP contribution in [0.3, 0.4) is 0 Å². The van der Waals surface area contributed by atoms with Gasteiger partial charge < -0.3 is 9.30 Å². The van der Waals surface area contributed by atoms with E-state index in [9.17, 15) is 9.59 Å². The summed E-state index contributed by atoms with van der Waals surface area (Å²) in [5, 5.41) is 4.12. The number of hydrogen-bond donors (Lipinski definition) is 0. The number of hydrogen-bond acceptors (Lipinski definition) is 6. The third-order valence-corrected chi connectivity index (χ3v) is 10.1. The molecule has 0 saturated heterocycles. The first-order chi connectivity index (χ1) is 21.9. The highest BCUT2D eigenvalue weighted by atomic mass is 35.5. The predicted octanol–water partition coefficient (Wildman–Crippen LogP) is 7.31. The molecule has 1 aliphatic rings. The number of benzene rings is 3. The Kier molecular flexibility index (Phi) is 8.06. The summed E-state index contributed by atoms with van der Waals surface area (Å²) in [6.45, 7) is 2.51. The fourth-order valence-corrected chi connectivity index (χ4v) is 7.94. The van der Waals surface area contributed by atoms with Gasteiger partial charge in [-0.15, -0.1) is 11.3 Å². The zero-order chi connectivity index (χ0) is 31.1. The molecule has 3 aromatic carbocycles. The third-order valence-electron chi connectivity index (χ3n) is 7.65. The van der Waals surface area contributed by atoms with Crippen molar-refractivity contribution in [1.82, 2.24) is 9.13 Å². The average Bonchev–Trinajstić information content (AvgIpc) is 3.77. The fraction of sp³-hybridized carbons (Fsp3) is 0.114. The van der Waals surface area contributed by atoms with E-state index in [-0.39, 0.29) is 12.2 Å². The maximum absolute atomic E-state index is 14.3. The molecule has 224 valence electrons. The average molecular weight is 671 g/mol. The summed E-state index contributed by atoms with van der Waals surface area (Å²) in [5.74, 6) is -0.489. The van der Waals surface area contributed by atoms with Crippen LogP contribution in [0, 0.1) is 0 Å². The lowest BCUT2D eigenvalue weighted by Crippen LogP contribution is -2.39. The maximum Gasteiger partial charge on any atom is 0.338 e. The molecule has 0 aliphatic carbocycles. The van der Waals surface area contributed by atoms with E-state index in [4.69, 9.17) is 32.9 Å². The normalized spacial score (nSPS) is 14.9. The van der Waals surface area contributed by atoms with Crippen LogP contribution in [0.1, 0.15) is 34.5 Å². The van der Waals surface area contributed by atoms with Crippen LogP contribution < -0.4 is 14.9 Å². The van der Waals surface area contributed by atoms with E-state index in [1.807, 2.05) is 96.5 Å². The summed E-state index contributed by atoms with van der Waals surface area (Å²) in [6, 6.07) is 26.3. The van der Waals surface area contributed by atoms with Gasteiger partial charge in [-0.25, -0.2) is 9.79 Å². The van der Waals surface area contributed by atoms with Crippen molar-refractivity contribution < 1.29 is 9.53 Å². The Balaban J connectivity index is 1.43. The topological polar surface area (TPSA) is 65.6 Å². The van der Waals surface area contributed by atoms with Gasteiger partial charge in [-0.05, 0) is 48.2 Å². The van der Waals surface area contributed by atoms with Gasteiger partial charge in [0.15, 0.2) is 4.80 Å². The SMILES string of the molecule is CCOC(=O)C1=C(c2ccccc2)N=c2sc(=Cc3cn(Cc4ccc(Cl)cc4Cl)c4ccccc34)c(=O)n2C1c1cccs1. The molecule has 45 heavy (non-hydrogen) atoms. The lowest BCUT2D eigenvalue weighted by Gasteiger charge is -2.24. The number of carbonyl (C=O) groups is 1. The maximum atomic E-state index is 14.3. The van der Waals surface area contributed by atoms with Crippen molar-refractivity contribution >= 4 is 74.5 Å². The first-order valence-electron chi connectivity index (χ1n) is 14.3. The number of esters is 1. The number of halogens is 2. The Hall–Kier alpha value is -4.21. The van der Waals surface area contributed by atoms with Gasteiger partial charge in [-0.2, -0.15) is 0 Å². The first-order valence-corrected chi connectivity index (χ1v) is 16.7. The van der Waals surface area contributed by atoms with Gasteiger partial charge in [0.1, 0.15) is 6.04 Å². The smallest absolute Gasteiger partial charge is 0.338 e. The first kappa shape index (κ1) is 29.5. The summed E-state index contributed by atoms with van der Waals surface area (Å²) in [4.78, 5) is 34.2. The van der Waals surface area contributed by atoms with Crippen molar-refractivity contribution in [3.05, 3.63) is 153 Å². The van der Waals surface area contributed by atoms with Crippen molar-refractivity contribution in [2.45, 2.75) is 19.5 Å². The standard InChI is InChI=1S/C35H25Cl2N3O3S2/c1-2-43-34(42)30-31(21-9-4-3-5-10-21)38-35-40(32(30)28-13-8-16-44-28)33(41)29(45-35)17-23-20-39(27-12-7-6-11-25(23)27)19-22-14-15-24(36)18-26(22)37/h3-18,20,32H,2,19H2,1H3. The van der Waals surface area contributed by atoms with Gasteiger partial charge >= 0.3 is 5.97 Å². The Morgan fingerprint density at radius 3 is 2.58 bits per heavy atom. The van der Waals surface area contributed by atoms with E-state index in [2.05, 4.69) is 4.57 Å². The monoisotopic (exact) mass is 669 g/mol. The largest absolute Gasteiger partial charge is 0.463 e. The van der Waals surface area contributed by atoms with Gasteiger partial charge in [-0.3, -0.25) is 9.36 Å². The van der Waals surface area contributed by atoms with Gasteiger partial charge in [0, 0.05) is 49.7 Å². The molecule has 1 aliphatic heterocycles. The minimum absolute atomic E-state index is 0.206. The second-order valence-corrected chi connectivity index (χ2v) is 13.2. The van der Waals surface area contributed by atoms with Gasteiger partial charge in [-0.1, -0.05) is 95.2 Å². The van der Waals surface area contributed by atoms with Crippen LogP contribution in [0.25, 0.3) is 22.7 Å². The molecule has 3 aromatic heterocycles. The van der Waals surface area contributed by atoms with Crippen molar-refractivity contribution in [2.75, 3.05) is 6.61 Å². The summed E-state index contributed by atoms with van der Waals surface area (Å²) >= 11 is 15.4. The number of aromatic nitrogens is 2. The summed E-state index contributed by atoms with van der Waals surface area (Å²) in [7, 11) is 0. The number of thiazole rings is 1. The molecule has 0 radical (unpaired) electrons. The Labute approximate surface area is 276 Å². The molecule has 6 nitrogen and oxygen atoms in total. The summed E-state index contributed by atoms with van der Waals surface area (Å²) in [5.41, 5.74) is 4.25. The van der Waals surface area contributed by atoms with Gasteiger partial charge in [0.25, 0.3) is 5.56 Å². The molecule has 0 bridgehead atoms. The van der Waals surface area contributed by atoms with E-state index in [0.29, 0.717) is 37.2 Å². The lowest BCUT2D eigenvalue weighted by molar-refractivity contribution is -0.138. The molecule has 7 rings (SSSR count). The number of ether oxygens (including phenoxy) is 1. The molecule has 6 aromatic rings. The Morgan fingerprint density at radius 1 is 1.02 bits per heavy atom. The van der Waals surface area contributed by atoms with Gasteiger partial charge in [0.2, 0.25) is 0 Å². The van der Waals surface area contributed by atoms with E-state index < -0.39 is 12.0 Å². The van der Waals surface area contributed by atoms with Crippen LogP contribution in [0.4, 0.5) is 0 Å². The second-order valence-electron chi connectivity index (χ2n) is 10.4. The lowest BCUT2D eigenvalue weighted by atomic mass is 9.97. The molecule has 4 heterocycles. The number of para-hydroxylation sites is 1. The molecule has 0 spiro atoms. The van der Waals surface area contributed by atoms with Crippen LogP contribution in [0.15, 0.2) is 112 Å². The summed E-state index contributed by atoms with van der Waals surface area (Å²) < 4.78 is 9.81. The molecule has 0 amide bonds. The number of nitrogens with zero attached hydrogens (tertiary/aromatic N) is 3. The minimum atomic E-state index is -0.675. The zero-order valence-electron chi connectivity index (χ0n) is 23.9. The Bertz CT molecular complexity index is 2280. The van der Waals surface area contributed by atoms with Crippen molar-refractivity contribution in [3.8, 4) is 0 Å². The zero-order valence-corrected chi connectivity index (χ0v) is 27.1. The fourth-order valence-electron chi connectivity index (χ4n) is 5.65. The van der Waals surface area contributed by atoms with E-state index in [1.54, 1.807) is 17.6 Å². The van der Waals surface area contributed by atoms with Crippen LogP contribution >= 0.6 is 45.9 Å². The highest BCUT2D eigenvalue weighted by Gasteiger charge is 2.35. The molecular formula is C35H25Cl2N3O3S2. The van der Waals surface area contributed by atoms with Crippen LogP contribution in [0.2, 0.25) is 10.0 Å². The highest BCUT2D eigenvalue weighted by molar-refractivity contribution is 7.10. The Morgan fingerprint density at radius 2 is 1.82 bits per heavy atom. The number of thiophene rings is 1. The van der Waals surface area contributed by atoms with E-state index >= 15 is 0 Å². The highest BCUT2D eigenvalue weighted by Crippen LogP contribution is 2.37. The molecular weight excluding hydrogens is 645 g/mol. The molecule has 10 heteroatoms. The number of rotatable bonds is 7. The molecule has 0 fully saturated rings. The van der Waals surface area contributed by atoms with Crippen molar-refractivity contribution in [2.24, 2.45) is 4.99 Å². The molecule has 0 saturated carbocycles. The van der Waals surface area contributed by atoms with Crippen LogP contribution in [-0.2, 0) is 16.1 Å². The van der Waals surface area contributed by atoms with Crippen molar-refractivity contribution in [1.29, 1.82) is 0 Å². The van der Waals surface area contributed by atoms with Crippen LogP contribution in [0.5, 0.6) is 0 Å². The molecule has 0 N–H and O–H groups in total. The van der Waals surface area contributed by atoms with Gasteiger partial charge in [0.05, 0.1) is 22.4 Å². The van der Waals surface area contributed by atoms with E-state index in [0.717, 1.165) is 32.5 Å². The number of carbonyl (C=O) groups excluding carboxylic acids is 1. The second kappa shape index (κ2) is 12.3. The minimum Gasteiger partial charge on any atom is -0.463 e. The quantitative estimate of drug-likeness (QED) is 0.168. The van der Waals surface area contributed by atoms with Crippen LogP contribution in [-0.4, -0.2) is 21.7 Å². The van der Waals surface area contributed by atoms with E-state index in [1.165, 1.54) is 22.7 Å². The number of fused-ring (bicyclic) bond motifs is 2. The summed E-state index contributed by atoms with van der Waals surface area (Å²) in [6.07, 6.45) is 3.94. The molecule has 1 atom stereocenters. The predicted molar refractivity (Wildman–Crippen MR) is 183 cm³/mol. The molecule has 1 unspecified atom stereocenters.